The van der Waals surface area contributed by atoms with Gasteiger partial charge < -0.3 is 10.4 Å². The lowest BCUT2D eigenvalue weighted by Crippen LogP contribution is -2.39. The van der Waals surface area contributed by atoms with Gasteiger partial charge in [-0.1, -0.05) is 41.9 Å². The maximum absolute atomic E-state index is 13.8. The molecule has 0 aliphatic carbocycles. The van der Waals surface area contributed by atoms with Gasteiger partial charge in [0.15, 0.2) is 0 Å². The molecule has 0 aromatic heterocycles. The van der Waals surface area contributed by atoms with E-state index in [-0.39, 0.29) is 5.91 Å². The van der Waals surface area contributed by atoms with E-state index in [1.165, 1.54) is 6.07 Å². The maximum atomic E-state index is 13.8. The molecule has 122 valence electrons. The summed E-state index contributed by atoms with van der Waals surface area (Å²) in [5, 5.41) is 13.6. The Bertz CT molecular complexity index is 675. The van der Waals surface area contributed by atoms with Gasteiger partial charge in [-0.25, -0.2) is 4.39 Å². The van der Waals surface area contributed by atoms with Gasteiger partial charge in [0.25, 0.3) is 0 Å². The van der Waals surface area contributed by atoms with Crippen LogP contribution in [0.4, 0.5) is 4.39 Å². The molecule has 0 saturated carbocycles. The van der Waals surface area contributed by atoms with Crippen LogP contribution in [0.5, 0.6) is 0 Å². The van der Waals surface area contributed by atoms with Crippen molar-refractivity contribution >= 4 is 17.5 Å². The van der Waals surface area contributed by atoms with E-state index in [1.54, 1.807) is 56.3 Å². The number of nitrogens with one attached hydrogen (secondary N) is 1. The summed E-state index contributed by atoms with van der Waals surface area (Å²) >= 11 is 5.82. The molecule has 2 N–H and O–H groups in total. The average molecular weight is 336 g/mol. The van der Waals surface area contributed by atoms with Crippen LogP contribution in [0.3, 0.4) is 0 Å². The SMILES string of the molecule is CC(C(=O)NC(C)C(O)c1ccc(Cl)cc1)c1ccccc1F. The van der Waals surface area contributed by atoms with E-state index in [0.717, 1.165) is 0 Å². The van der Waals surface area contributed by atoms with Crippen LogP contribution in [0.2, 0.25) is 5.02 Å². The van der Waals surface area contributed by atoms with Crippen LogP contribution in [0.25, 0.3) is 0 Å². The van der Waals surface area contributed by atoms with Crippen molar-refractivity contribution < 1.29 is 14.3 Å². The Kier molecular flexibility index (Phi) is 5.74. The van der Waals surface area contributed by atoms with Crippen LogP contribution in [0.15, 0.2) is 48.5 Å². The zero-order valence-corrected chi connectivity index (χ0v) is 13.7. The van der Waals surface area contributed by atoms with Crippen molar-refractivity contribution in [3.05, 3.63) is 70.5 Å². The van der Waals surface area contributed by atoms with Crippen molar-refractivity contribution in [3.8, 4) is 0 Å². The second kappa shape index (κ2) is 7.57. The highest BCUT2D eigenvalue weighted by Crippen LogP contribution is 2.22. The molecule has 3 nitrogen and oxygen atoms in total. The normalized spacial score (nSPS) is 14.8. The molecule has 0 radical (unpaired) electrons. The number of benzene rings is 2. The predicted octanol–water partition coefficient (Wildman–Crippen LogP) is 3.82. The summed E-state index contributed by atoms with van der Waals surface area (Å²) in [6.07, 6.45) is -0.871. The molecule has 0 fully saturated rings. The van der Waals surface area contributed by atoms with Crippen LogP contribution < -0.4 is 5.32 Å². The number of hydrogen-bond acceptors (Lipinski definition) is 2. The smallest absolute Gasteiger partial charge is 0.227 e. The highest BCUT2D eigenvalue weighted by atomic mass is 35.5. The number of hydrogen-bond donors (Lipinski definition) is 2. The van der Waals surface area contributed by atoms with E-state index >= 15 is 0 Å². The number of carbonyl (C=O) groups is 1. The molecule has 2 aromatic carbocycles. The van der Waals surface area contributed by atoms with E-state index < -0.39 is 23.9 Å². The van der Waals surface area contributed by atoms with E-state index in [2.05, 4.69) is 5.32 Å². The third-order valence-electron chi connectivity index (χ3n) is 3.82. The number of amides is 1. The fraction of sp³-hybridized carbons (Fsp3) is 0.278. The summed E-state index contributed by atoms with van der Waals surface area (Å²) < 4.78 is 13.8. The largest absolute Gasteiger partial charge is 0.386 e. The molecule has 2 rings (SSSR count). The quantitative estimate of drug-likeness (QED) is 0.872. The van der Waals surface area contributed by atoms with E-state index in [0.29, 0.717) is 16.1 Å². The second-order valence-corrected chi connectivity index (χ2v) is 5.97. The van der Waals surface area contributed by atoms with Gasteiger partial charge in [0, 0.05) is 5.02 Å². The number of halogens is 2. The van der Waals surface area contributed by atoms with Crippen LogP contribution in [0, 0.1) is 5.82 Å². The van der Waals surface area contributed by atoms with Crippen molar-refractivity contribution in [2.75, 3.05) is 0 Å². The van der Waals surface area contributed by atoms with Crippen LogP contribution in [-0.2, 0) is 4.79 Å². The molecule has 0 aliphatic rings. The number of aliphatic hydroxyl groups is 1. The van der Waals surface area contributed by atoms with E-state index in [4.69, 9.17) is 11.6 Å². The lowest BCUT2D eigenvalue weighted by molar-refractivity contribution is -0.123. The third kappa shape index (κ3) is 4.30. The summed E-state index contributed by atoms with van der Waals surface area (Å²) in [6.45, 7) is 3.33. The first-order valence-corrected chi connectivity index (χ1v) is 7.76. The Hall–Kier alpha value is -1.91. The molecular weight excluding hydrogens is 317 g/mol. The molecule has 3 atom stereocenters. The van der Waals surface area contributed by atoms with Crippen molar-refractivity contribution in [2.24, 2.45) is 0 Å². The van der Waals surface area contributed by atoms with Gasteiger partial charge in [0.1, 0.15) is 5.82 Å². The first-order valence-electron chi connectivity index (χ1n) is 7.38. The Morgan fingerprint density at radius 2 is 1.74 bits per heavy atom. The number of aliphatic hydroxyl groups excluding tert-OH is 1. The van der Waals surface area contributed by atoms with Gasteiger partial charge in [-0.05, 0) is 43.2 Å². The lowest BCUT2D eigenvalue weighted by Gasteiger charge is -2.23. The van der Waals surface area contributed by atoms with E-state index in [1.807, 2.05) is 0 Å². The highest BCUT2D eigenvalue weighted by molar-refractivity contribution is 6.30. The van der Waals surface area contributed by atoms with Crippen LogP contribution in [0.1, 0.15) is 37.0 Å². The standard InChI is InChI=1S/C18H19ClFNO2/c1-11(15-5-3-4-6-16(15)20)18(23)21-12(2)17(22)13-7-9-14(19)10-8-13/h3-12,17,22H,1-2H3,(H,21,23). The summed E-state index contributed by atoms with van der Waals surface area (Å²) in [6, 6.07) is 12.4. The van der Waals surface area contributed by atoms with Gasteiger partial charge in [-0.15, -0.1) is 0 Å². The molecule has 3 unspecified atom stereocenters. The highest BCUT2D eigenvalue weighted by Gasteiger charge is 2.23. The molecule has 23 heavy (non-hydrogen) atoms. The van der Waals surface area contributed by atoms with Crippen LogP contribution in [-0.4, -0.2) is 17.1 Å². The summed E-state index contributed by atoms with van der Waals surface area (Å²) in [4.78, 5) is 12.3. The molecule has 1 amide bonds. The topological polar surface area (TPSA) is 49.3 Å². The van der Waals surface area contributed by atoms with Gasteiger partial charge in [0.2, 0.25) is 5.91 Å². The number of carbonyl (C=O) groups excluding carboxylic acids is 1. The molecule has 0 saturated heterocycles. The minimum Gasteiger partial charge on any atom is -0.386 e. The average Bonchev–Trinajstić information content (AvgIpc) is 2.54. The Morgan fingerprint density at radius 1 is 1.13 bits per heavy atom. The fourth-order valence-electron chi connectivity index (χ4n) is 2.34. The van der Waals surface area contributed by atoms with Gasteiger partial charge in [-0.2, -0.15) is 0 Å². The molecular formula is C18H19ClFNO2. The Balaban J connectivity index is 2.04. The minimum atomic E-state index is -0.871. The first-order chi connectivity index (χ1) is 10.9. The van der Waals surface area contributed by atoms with Crippen LogP contribution >= 0.6 is 11.6 Å². The molecule has 0 spiro atoms. The summed E-state index contributed by atoms with van der Waals surface area (Å²) in [7, 11) is 0. The fourth-order valence-corrected chi connectivity index (χ4v) is 2.47. The zero-order chi connectivity index (χ0) is 17.0. The summed E-state index contributed by atoms with van der Waals surface area (Å²) in [5.41, 5.74) is 0.985. The predicted molar refractivity (Wildman–Crippen MR) is 88.8 cm³/mol. The number of rotatable bonds is 5. The third-order valence-corrected chi connectivity index (χ3v) is 4.07. The Labute approximate surface area is 140 Å². The molecule has 0 bridgehead atoms. The van der Waals surface area contributed by atoms with Crippen molar-refractivity contribution in [3.63, 3.8) is 0 Å². The van der Waals surface area contributed by atoms with Crippen molar-refractivity contribution in [2.45, 2.75) is 31.9 Å². The first kappa shape index (κ1) is 17.4. The van der Waals surface area contributed by atoms with Gasteiger partial charge in [-0.3, -0.25) is 4.79 Å². The monoisotopic (exact) mass is 335 g/mol. The molecule has 5 heteroatoms. The second-order valence-electron chi connectivity index (χ2n) is 5.54. The molecule has 2 aromatic rings. The summed E-state index contributed by atoms with van der Waals surface area (Å²) in [5.74, 6) is -1.40. The maximum Gasteiger partial charge on any atom is 0.227 e. The zero-order valence-electron chi connectivity index (χ0n) is 13.0. The van der Waals surface area contributed by atoms with Gasteiger partial charge >= 0.3 is 0 Å². The Morgan fingerprint density at radius 3 is 2.35 bits per heavy atom. The molecule has 0 aliphatic heterocycles. The lowest BCUT2D eigenvalue weighted by atomic mass is 9.98. The minimum absolute atomic E-state index is 0.332. The van der Waals surface area contributed by atoms with E-state index in [9.17, 15) is 14.3 Å². The van der Waals surface area contributed by atoms with Crippen molar-refractivity contribution in [1.29, 1.82) is 0 Å². The van der Waals surface area contributed by atoms with Gasteiger partial charge in [0.05, 0.1) is 18.1 Å². The van der Waals surface area contributed by atoms with Crippen molar-refractivity contribution in [1.82, 2.24) is 5.32 Å². The molecule has 0 heterocycles.